The van der Waals surface area contributed by atoms with E-state index in [0.29, 0.717) is 6.61 Å². The molecule has 0 amide bonds. The molecule has 0 atom stereocenters. The van der Waals surface area contributed by atoms with Crippen LogP contribution >= 0.6 is 11.3 Å². The van der Waals surface area contributed by atoms with Crippen LogP contribution < -0.4 is 9.54 Å². The number of rotatable bonds is 8. The van der Waals surface area contributed by atoms with E-state index in [1.54, 1.807) is 11.3 Å². The molecule has 0 spiro atoms. The lowest BCUT2D eigenvalue weighted by molar-refractivity contribution is 0.341. The summed E-state index contributed by atoms with van der Waals surface area (Å²) in [6.45, 7) is 4.28. The molecule has 0 saturated carbocycles. The Balaban J connectivity index is 1.55. The number of aryl methyl sites for hydroxylation is 1. The summed E-state index contributed by atoms with van der Waals surface area (Å²) in [4.78, 5) is 10.0. The molecule has 0 unspecified atom stereocenters. The Hall–Kier alpha value is -3.58. The first-order chi connectivity index (χ1) is 15.8. The van der Waals surface area contributed by atoms with Gasteiger partial charge < -0.3 is 18.3 Å². The van der Waals surface area contributed by atoms with Crippen LogP contribution in [0.2, 0.25) is 0 Å². The van der Waals surface area contributed by atoms with Crippen molar-refractivity contribution in [3.8, 4) is 17.2 Å². The standard InChI is InChI=1S/C25H24N4O2S/c1-2-30-23-11-6-4-9-20(23)27-25-29(14-7-13-28-15-12-26-18-28)21(17-32-25)24-16-19-8-3-5-10-22(19)31-24/h3-6,8-12,15-18H,2,7,13-14H2,1H3. The molecular weight excluding hydrogens is 420 g/mol. The lowest BCUT2D eigenvalue weighted by atomic mass is 10.2. The third-order valence-electron chi connectivity index (χ3n) is 5.21. The highest BCUT2D eigenvalue weighted by atomic mass is 32.1. The van der Waals surface area contributed by atoms with Gasteiger partial charge in [0.05, 0.1) is 18.6 Å². The molecule has 5 aromatic rings. The second kappa shape index (κ2) is 9.28. The van der Waals surface area contributed by atoms with E-state index in [0.717, 1.165) is 58.2 Å². The summed E-state index contributed by atoms with van der Waals surface area (Å²) in [5.74, 6) is 1.64. The van der Waals surface area contributed by atoms with Crippen molar-refractivity contribution >= 4 is 28.0 Å². The van der Waals surface area contributed by atoms with E-state index in [1.807, 2.05) is 68.1 Å². The van der Waals surface area contributed by atoms with Crippen molar-refractivity contribution < 1.29 is 9.15 Å². The number of para-hydroxylation sites is 3. The Kier molecular flexibility index (Phi) is 5.89. The number of imidazole rings is 1. The summed E-state index contributed by atoms with van der Waals surface area (Å²) in [5.41, 5.74) is 2.75. The summed E-state index contributed by atoms with van der Waals surface area (Å²) < 4.78 is 16.3. The maximum atomic E-state index is 6.18. The Bertz CT molecular complexity index is 1350. The van der Waals surface area contributed by atoms with Crippen LogP contribution in [0.3, 0.4) is 0 Å². The minimum atomic E-state index is 0.603. The maximum absolute atomic E-state index is 6.18. The number of hydrogen-bond donors (Lipinski definition) is 0. The van der Waals surface area contributed by atoms with Gasteiger partial charge in [-0.15, -0.1) is 11.3 Å². The van der Waals surface area contributed by atoms with Crippen LogP contribution in [0.5, 0.6) is 5.75 Å². The molecule has 3 aromatic heterocycles. The third kappa shape index (κ3) is 4.24. The SMILES string of the molecule is CCOc1ccccc1N=c1scc(-c2cc3ccccc3o2)n1CCCn1ccnc1. The second-order valence-electron chi connectivity index (χ2n) is 7.37. The molecule has 0 aliphatic heterocycles. The maximum Gasteiger partial charge on any atom is 0.190 e. The van der Waals surface area contributed by atoms with Gasteiger partial charge in [-0.3, -0.25) is 0 Å². The van der Waals surface area contributed by atoms with Gasteiger partial charge in [-0.25, -0.2) is 9.98 Å². The van der Waals surface area contributed by atoms with Gasteiger partial charge in [0.2, 0.25) is 0 Å². The largest absolute Gasteiger partial charge is 0.492 e. The zero-order chi connectivity index (χ0) is 21.8. The third-order valence-corrected chi connectivity index (χ3v) is 6.08. The molecule has 6 nitrogen and oxygen atoms in total. The van der Waals surface area contributed by atoms with Gasteiger partial charge in [0.15, 0.2) is 10.6 Å². The van der Waals surface area contributed by atoms with Crippen LogP contribution in [0.1, 0.15) is 13.3 Å². The molecule has 7 heteroatoms. The van der Waals surface area contributed by atoms with Crippen molar-refractivity contribution in [1.29, 1.82) is 0 Å². The normalized spacial score (nSPS) is 12.0. The molecule has 2 aromatic carbocycles. The molecule has 5 rings (SSSR count). The van der Waals surface area contributed by atoms with E-state index < -0.39 is 0 Å². The Morgan fingerprint density at radius 2 is 1.97 bits per heavy atom. The molecule has 0 saturated heterocycles. The first kappa shape index (κ1) is 20.3. The van der Waals surface area contributed by atoms with Crippen LogP contribution in [0, 0.1) is 0 Å². The molecule has 0 fully saturated rings. The lowest BCUT2D eigenvalue weighted by Crippen LogP contribution is -2.17. The van der Waals surface area contributed by atoms with Crippen molar-refractivity contribution in [3.05, 3.63) is 83.5 Å². The van der Waals surface area contributed by atoms with E-state index in [1.165, 1.54) is 0 Å². The highest BCUT2D eigenvalue weighted by Gasteiger charge is 2.13. The molecule has 0 bridgehead atoms. The van der Waals surface area contributed by atoms with E-state index in [9.17, 15) is 0 Å². The molecule has 0 aliphatic carbocycles. The molecule has 0 N–H and O–H groups in total. The summed E-state index contributed by atoms with van der Waals surface area (Å²) >= 11 is 1.61. The van der Waals surface area contributed by atoms with Gasteiger partial charge in [-0.1, -0.05) is 30.3 Å². The highest BCUT2D eigenvalue weighted by Crippen LogP contribution is 2.30. The van der Waals surface area contributed by atoms with E-state index in [-0.39, 0.29) is 0 Å². The summed E-state index contributed by atoms with van der Waals surface area (Å²) in [6, 6.07) is 18.1. The van der Waals surface area contributed by atoms with Crippen LogP contribution in [0.4, 0.5) is 5.69 Å². The fraction of sp³-hybridized carbons (Fsp3) is 0.200. The van der Waals surface area contributed by atoms with Crippen LogP contribution in [0.25, 0.3) is 22.4 Å². The van der Waals surface area contributed by atoms with Crippen molar-refractivity contribution in [2.45, 2.75) is 26.4 Å². The predicted molar refractivity (Wildman–Crippen MR) is 127 cm³/mol. The van der Waals surface area contributed by atoms with Gasteiger partial charge in [-0.2, -0.15) is 0 Å². The fourth-order valence-electron chi connectivity index (χ4n) is 3.70. The van der Waals surface area contributed by atoms with Gasteiger partial charge >= 0.3 is 0 Å². The minimum Gasteiger partial charge on any atom is -0.492 e. The van der Waals surface area contributed by atoms with Crippen LogP contribution in [-0.4, -0.2) is 20.7 Å². The van der Waals surface area contributed by atoms with Gasteiger partial charge in [0.25, 0.3) is 0 Å². The van der Waals surface area contributed by atoms with E-state index >= 15 is 0 Å². The number of ether oxygens (including phenoxy) is 1. The number of thiazole rings is 1. The van der Waals surface area contributed by atoms with Crippen molar-refractivity contribution in [3.63, 3.8) is 0 Å². The van der Waals surface area contributed by atoms with Crippen molar-refractivity contribution in [2.75, 3.05) is 6.61 Å². The summed E-state index contributed by atoms with van der Waals surface area (Å²) in [7, 11) is 0. The Morgan fingerprint density at radius 1 is 1.09 bits per heavy atom. The molecule has 32 heavy (non-hydrogen) atoms. The zero-order valence-electron chi connectivity index (χ0n) is 17.8. The first-order valence-corrected chi connectivity index (χ1v) is 11.6. The number of nitrogens with zero attached hydrogens (tertiary/aromatic N) is 4. The number of fused-ring (bicyclic) bond motifs is 1. The van der Waals surface area contributed by atoms with Gasteiger partial charge in [-0.05, 0) is 37.6 Å². The zero-order valence-corrected chi connectivity index (χ0v) is 18.7. The topological polar surface area (TPSA) is 57.5 Å². The Morgan fingerprint density at radius 3 is 2.81 bits per heavy atom. The molecule has 0 aliphatic rings. The molecule has 3 heterocycles. The quantitative estimate of drug-likeness (QED) is 0.300. The number of aromatic nitrogens is 3. The van der Waals surface area contributed by atoms with Crippen LogP contribution in [0.15, 0.2) is 88.1 Å². The van der Waals surface area contributed by atoms with Gasteiger partial charge in [0.1, 0.15) is 17.0 Å². The second-order valence-corrected chi connectivity index (χ2v) is 8.21. The monoisotopic (exact) mass is 444 g/mol. The van der Waals surface area contributed by atoms with Gasteiger partial charge in [0, 0.05) is 36.2 Å². The average molecular weight is 445 g/mol. The average Bonchev–Trinajstić information content (AvgIpc) is 3.55. The summed E-state index contributed by atoms with van der Waals surface area (Å²) in [5, 5.41) is 3.22. The molecule has 162 valence electrons. The smallest absolute Gasteiger partial charge is 0.190 e. The van der Waals surface area contributed by atoms with E-state index in [2.05, 4.69) is 31.6 Å². The summed E-state index contributed by atoms with van der Waals surface area (Å²) in [6.07, 6.45) is 6.59. The minimum absolute atomic E-state index is 0.603. The predicted octanol–water partition coefficient (Wildman–Crippen LogP) is 5.88. The van der Waals surface area contributed by atoms with Crippen molar-refractivity contribution in [1.82, 2.24) is 14.1 Å². The fourth-order valence-corrected chi connectivity index (χ4v) is 4.63. The lowest BCUT2D eigenvalue weighted by Gasteiger charge is -2.09. The van der Waals surface area contributed by atoms with Crippen LogP contribution in [-0.2, 0) is 13.1 Å². The highest BCUT2D eigenvalue weighted by molar-refractivity contribution is 7.07. The number of hydrogen-bond acceptors (Lipinski definition) is 5. The molecular formula is C25H24N4O2S. The number of benzene rings is 2. The number of furan rings is 1. The van der Waals surface area contributed by atoms with Crippen molar-refractivity contribution in [2.24, 2.45) is 4.99 Å². The molecule has 0 radical (unpaired) electrons. The first-order valence-electron chi connectivity index (χ1n) is 10.7. The van der Waals surface area contributed by atoms with E-state index in [4.69, 9.17) is 14.1 Å². The Labute approximate surface area is 190 Å².